The van der Waals surface area contributed by atoms with Crippen LogP contribution in [-0.4, -0.2) is 18.6 Å². The third-order valence-electron chi connectivity index (χ3n) is 3.37. The molecule has 1 aliphatic rings. The number of ether oxygens (including phenoxy) is 2. The van der Waals surface area contributed by atoms with Crippen LogP contribution in [0.4, 0.5) is 5.82 Å². The minimum absolute atomic E-state index is 0.460. The normalized spacial score (nSPS) is 12.7. The fraction of sp³-hybridized carbons (Fsp3) is 0.312. The molecule has 0 amide bonds. The van der Waals surface area contributed by atoms with Crippen molar-refractivity contribution in [3.05, 3.63) is 47.2 Å². The molecule has 0 unspecified atom stereocenters. The second-order valence-corrected chi connectivity index (χ2v) is 4.96. The molecule has 2 heterocycles. The quantitative estimate of drug-likeness (QED) is 0.927. The summed E-state index contributed by atoms with van der Waals surface area (Å²) in [7, 11) is 1.66. The van der Waals surface area contributed by atoms with Crippen molar-refractivity contribution in [3.63, 3.8) is 0 Å². The molecule has 1 aliphatic heterocycles. The SMILES string of the molecule is COc1cc(C)cc(OCc2ccc3c(n2)NCC3)c1. The van der Waals surface area contributed by atoms with Crippen molar-refractivity contribution in [3.8, 4) is 11.5 Å². The molecule has 0 saturated heterocycles. The van der Waals surface area contributed by atoms with Crippen molar-refractivity contribution < 1.29 is 9.47 Å². The molecule has 4 heteroatoms. The number of aryl methyl sites for hydroxylation is 1. The van der Waals surface area contributed by atoms with Gasteiger partial charge in [0.15, 0.2) is 0 Å². The van der Waals surface area contributed by atoms with Gasteiger partial charge in [-0.25, -0.2) is 4.98 Å². The molecule has 104 valence electrons. The Morgan fingerprint density at radius 1 is 1.20 bits per heavy atom. The van der Waals surface area contributed by atoms with Crippen LogP contribution in [0.3, 0.4) is 0 Å². The van der Waals surface area contributed by atoms with Crippen molar-refractivity contribution in [2.24, 2.45) is 0 Å². The smallest absolute Gasteiger partial charge is 0.130 e. The first-order chi connectivity index (χ1) is 9.74. The van der Waals surface area contributed by atoms with Crippen LogP contribution in [0.25, 0.3) is 0 Å². The van der Waals surface area contributed by atoms with E-state index in [0.717, 1.165) is 41.5 Å². The second-order valence-electron chi connectivity index (χ2n) is 4.96. The summed E-state index contributed by atoms with van der Waals surface area (Å²) in [5, 5.41) is 3.28. The van der Waals surface area contributed by atoms with E-state index in [4.69, 9.17) is 9.47 Å². The summed E-state index contributed by atoms with van der Waals surface area (Å²) in [6, 6.07) is 10.0. The minimum Gasteiger partial charge on any atom is -0.497 e. The lowest BCUT2D eigenvalue weighted by atomic mass is 10.2. The average molecular weight is 270 g/mol. The monoisotopic (exact) mass is 270 g/mol. The molecule has 1 aromatic heterocycles. The van der Waals surface area contributed by atoms with Gasteiger partial charge in [0, 0.05) is 12.6 Å². The van der Waals surface area contributed by atoms with E-state index in [0.29, 0.717) is 6.61 Å². The van der Waals surface area contributed by atoms with Gasteiger partial charge in [-0.1, -0.05) is 6.07 Å². The Bertz CT molecular complexity index is 626. The number of hydrogen-bond donors (Lipinski definition) is 1. The average Bonchev–Trinajstić information content (AvgIpc) is 2.92. The molecule has 3 rings (SSSR count). The van der Waals surface area contributed by atoms with Gasteiger partial charge in [0.1, 0.15) is 23.9 Å². The van der Waals surface area contributed by atoms with E-state index in [1.807, 2.05) is 31.2 Å². The lowest BCUT2D eigenvalue weighted by Gasteiger charge is -2.09. The van der Waals surface area contributed by atoms with Crippen LogP contribution in [0, 0.1) is 6.92 Å². The Morgan fingerprint density at radius 3 is 2.90 bits per heavy atom. The maximum atomic E-state index is 5.80. The summed E-state index contributed by atoms with van der Waals surface area (Å²) in [4.78, 5) is 4.57. The third kappa shape index (κ3) is 2.69. The molecule has 2 aromatic rings. The lowest BCUT2D eigenvalue weighted by molar-refractivity contribution is 0.299. The number of hydrogen-bond acceptors (Lipinski definition) is 4. The largest absolute Gasteiger partial charge is 0.497 e. The lowest BCUT2D eigenvalue weighted by Crippen LogP contribution is -2.01. The standard InChI is InChI=1S/C16H18N2O2/c1-11-7-14(19-2)9-15(8-11)20-10-13-4-3-12-5-6-17-16(12)18-13/h3-4,7-9H,5-6,10H2,1-2H3,(H,17,18). The Balaban J connectivity index is 1.71. The third-order valence-corrected chi connectivity index (χ3v) is 3.37. The second kappa shape index (κ2) is 5.41. The van der Waals surface area contributed by atoms with Crippen LogP contribution in [-0.2, 0) is 13.0 Å². The van der Waals surface area contributed by atoms with Crippen LogP contribution in [0.15, 0.2) is 30.3 Å². The van der Waals surface area contributed by atoms with E-state index < -0.39 is 0 Å². The Hall–Kier alpha value is -2.23. The minimum atomic E-state index is 0.460. The van der Waals surface area contributed by atoms with E-state index >= 15 is 0 Å². The van der Waals surface area contributed by atoms with Gasteiger partial charge in [0.05, 0.1) is 12.8 Å². The van der Waals surface area contributed by atoms with Crippen molar-refractivity contribution in [1.29, 1.82) is 0 Å². The maximum absolute atomic E-state index is 5.80. The van der Waals surface area contributed by atoms with Gasteiger partial charge in [-0.05, 0) is 42.7 Å². The summed E-state index contributed by atoms with van der Waals surface area (Å²) in [5.41, 5.74) is 3.33. The zero-order chi connectivity index (χ0) is 13.9. The van der Waals surface area contributed by atoms with Crippen molar-refractivity contribution in [1.82, 2.24) is 4.98 Å². The molecular weight excluding hydrogens is 252 g/mol. The Labute approximate surface area is 118 Å². The maximum Gasteiger partial charge on any atom is 0.130 e. The highest BCUT2D eigenvalue weighted by molar-refractivity contribution is 5.49. The molecule has 0 atom stereocenters. The predicted octanol–water partition coefficient (Wildman–Crippen LogP) is 2.95. The number of nitrogens with zero attached hydrogens (tertiary/aromatic N) is 1. The highest BCUT2D eigenvalue weighted by atomic mass is 16.5. The number of anilines is 1. The molecule has 0 aliphatic carbocycles. The van der Waals surface area contributed by atoms with Crippen LogP contribution in [0.5, 0.6) is 11.5 Å². The molecule has 4 nitrogen and oxygen atoms in total. The summed E-state index contributed by atoms with van der Waals surface area (Å²) in [5.74, 6) is 2.61. The van der Waals surface area contributed by atoms with Gasteiger partial charge in [0.2, 0.25) is 0 Å². The summed E-state index contributed by atoms with van der Waals surface area (Å²) >= 11 is 0. The first-order valence-corrected chi connectivity index (χ1v) is 6.76. The fourth-order valence-electron chi connectivity index (χ4n) is 2.35. The van der Waals surface area contributed by atoms with E-state index in [1.54, 1.807) is 7.11 Å². The first kappa shape index (κ1) is 12.8. The molecule has 0 saturated carbocycles. The molecule has 0 spiro atoms. The van der Waals surface area contributed by atoms with Crippen LogP contribution < -0.4 is 14.8 Å². The number of aromatic nitrogens is 1. The number of pyridine rings is 1. The summed E-state index contributed by atoms with van der Waals surface area (Å²) in [6.45, 7) is 3.45. The Morgan fingerprint density at radius 2 is 2.05 bits per heavy atom. The van der Waals surface area contributed by atoms with Gasteiger partial charge in [-0.15, -0.1) is 0 Å². The number of rotatable bonds is 4. The van der Waals surface area contributed by atoms with E-state index in [1.165, 1.54) is 5.56 Å². The first-order valence-electron chi connectivity index (χ1n) is 6.76. The molecule has 1 aromatic carbocycles. The highest BCUT2D eigenvalue weighted by Gasteiger charge is 2.11. The van der Waals surface area contributed by atoms with Crippen molar-refractivity contribution in [2.75, 3.05) is 19.0 Å². The van der Waals surface area contributed by atoms with Crippen molar-refractivity contribution >= 4 is 5.82 Å². The van der Waals surface area contributed by atoms with Gasteiger partial charge < -0.3 is 14.8 Å². The molecule has 1 N–H and O–H groups in total. The topological polar surface area (TPSA) is 43.4 Å². The van der Waals surface area contributed by atoms with E-state index in [9.17, 15) is 0 Å². The van der Waals surface area contributed by atoms with Gasteiger partial charge in [0.25, 0.3) is 0 Å². The summed E-state index contributed by atoms with van der Waals surface area (Å²) < 4.78 is 11.0. The number of fused-ring (bicyclic) bond motifs is 1. The highest BCUT2D eigenvalue weighted by Crippen LogP contribution is 2.24. The number of methoxy groups -OCH3 is 1. The summed E-state index contributed by atoms with van der Waals surface area (Å²) in [6.07, 6.45) is 1.05. The molecule has 20 heavy (non-hydrogen) atoms. The molecule has 0 fully saturated rings. The number of benzene rings is 1. The van der Waals surface area contributed by atoms with E-state index in [-0.39, 0.29) is 0 Å². The van der Waals surface area contributed by atoms with Crippen LogP contribution in [0.2, 0.25) is 0 Å². The molecule has 0 radical (unpaired) electrons. The zero-order valence-electron chi connectivity index (χ0n) is 11.8. The van der Waals surface area contributed by atoms with Gasteiger partial charge in [-0.3, -0.25) is 0 Å². The van der Waals surface area contributed by atoms with Gasteiger partial charge in [-0.2, -0.15) is 0 Å². The van der Waals surface area contributed by atoms with Crippen molar-refractivity contribution in [2.45, 2.75) is 20.0 Å². The van der Waals surface area contributed by atoms with Gasteiger partial charge >= 0.3 is 0 Å². The predicted molar refractivity (Wildman–Crippen MR) is 78.5 cm³/mol. The van der Waals surface area contributed by atoms with Crippen LogP contribution >= 0.6 is 0 Å². The Kier molecular flexibility index (Phi) is 3.46. The zero-order valence-corrected chi connectivity index (χ0v) is 11.8. The van der Waals surface area contributed by atoms with E-state index in [2.05, 4.69) is 16.4 Å². The van der Waals surface area contributed by atoms with Crippen LogP contribution in [0.1, 0.15) is 16.8 Å². The number of nitrogens with one attached hydrogen (secondary N) is 1. The molecule has 0 bridgehead atoms. The molecular formula is C16H18N2O2. The fourth-order valence-corrected chi connectivity index (χ4v) is 2.35.